The van der Waals surface area contributed by atoms with Gasteiger partial charge in [0.1, 0.15) is 11.6 Å². The minimum absolute atomic E-state index is 0.108. The van der Waals surface area contributed by atoms with Gasteiger partial charge in [0.2, 0.25) is 0 Å². The lowest BCUT2D eigenvalue weighted by atomic mass is 10.2. The highest BCUT2D eigenvalue weighted by molar-refractivity contribution is 6.32. The topological polar surface area (TPSA) is 50.2 Å². The van der Waals surface area contributed by atoms with Gasteiger partial charge in [-0.05, 0) is 20.0 Å². The minimum Gasteiger partial charge on any atom is -0.378 e. The molecule has 20 heavy (non-hydrogen) atoms. The molecule has 1 unspecified atom stereocenters. The lowest BCUT2D eigenvalue weighted by Crippen LogP contribution is -2.32. The van der Waals surface area contributed by atoms with Crippen molar-refractivity contribution in [2.24, 2.45) is 0 Å². The fourth-order valence-electron chi connectivity index (χ4n) is 2.12. The van der Waals surface area contributed by atoms with Crippen LogP contribution in [0, 0.1) is 0 Å². The number of nitrogens with zero attached hydrogens (tertiary/aromatic N) is 3. The summed E-state index contributed by atoms with van der Waals surface area (Å²) in [6, 6.07) is 0.108. The van der Waals surface area contributed by atoms with Crippen LogP contribution in [0.5, 0.6) is 0 Å². The monoisotopic (exact) mass is 310 g/mol. The summed E-state index contributed by atoms with van der Waals surface area (Å²) in [6.45, 7) is 0.244. The Morgan fingerprint density at radius 1 is 1.55 bits per heavy atom. The van der Waals surface area contributed by atoms with Crippen molar-refractivity contribution >= 4 is 17.3 Å². The van der Waals surface area contributed by atoms with Gasteiger partial charge in [0, 0.05) is 12.6 Å². The van der Waals surface area contributed by atoms with E-state index in [0.717, 1.165) is 25.7 Å². The zero-order chi connectivity index (χ0) is 14.9. The molecule has 1 fully saturated rings. The molecule has 1 aromatic rings. The normalized spacial score (nSPS) is 20.4. The Bertz CT molecular complexity index is 545. The summed E-state index contributed by atoms with van der Waals surface area (Å²) in [5, 5.41) is 6.28. The molecule has 1 aliphatic rings. The Hall–Kier alpha value is -1.28. The summed E-state index contributed by atoms with van der Waals surface area (Å²) >= 11 is 5.83. The zero-order valence-electron chi connectivity index (χ0n) is 10.7. The average Bonchev–Trinajstić information content (AvgIpc) is 2.73. The van der Waals surface area contributed by atoms with E-state index in [0.29, 0.717) is 4.68 Å². The van der Waals surface area contributed by atoms with Gasteiger partial charge in [-0.1, -0.05) is 11.6 Å². The molecule has 2 heterocycles. The van der Waals surface area contributed by atoms with E-state index in [9.17, 15) is 18.0 Å². The third kappa shape index (κ3) is 3.63. The molecule has 1 saturated heterocycles. The number of likely N-dealkylation sites (N-methyl/N-ethyl adjacent to an activating group) is 1. The number of anilines is 1. The predicted octanol–water partition coefficient (Wildman–Crippen LogP) is 1.57. The summed E-state index contributed by atoms with van der Waals surface area (Å²) in [4.78, 5) is 13.8. The number of rotatable bonds is 3. The van der Waals surface area contributed by atoms with Crippen LogP contribution in [-0.2, 0) is 6.54 Å². The summed E-state index contributed by atoms with van der Waals surface area (Å²) in [6.07, 6.45) is -2.48. The fraction of sp³-hybridized carbons (Fsp3) is 0.636. The lowest BCUT2D eigenvalue weighted by Gasteiger charge is -2.16. The van der Waals surface area contributed by atoms with Crippen LogP contribution in [0.4, 0.5) is 18.9 Å². The molecule has 0 aromatic carbocycles. The van der Waals surface area contributed by atoms with Crippen molar-refractivity contribution in [2.45, 2.75) is 25.2 Å². The molecule has 1 aromatic heterocycles. The maximum absolute atomic E-state index is 12.3. The molecule has 1 aliphatic heterocycles. The lowest BCUT2D eigenvalue weighted by molar-refractivity contribution is -0.143. The van der Waals surface area contributed by atoms with Crippen molar-refractivity contribution in [1.29, 1.82) is 0 Å². The van der Waals surface area contributed by atoms with Gasteiger partial charge >= 0.3 is 6.18 Å². The third-order valence-corrected chi connectivity index (χ3v) is 3.43. The molecule has 5 nitrogen and oxygen atoms in total. The van der Waals surface area contributed by atoms with Crippen LogP contribution < -0.4 is 10.9 Å². The van der Waals surface area contributed by atoms with E-state index in [1.807, 2.05) is 7.05 Å². The van der Waals surface area contributed by atoms with E-state index >= 15 is 0 Å². The highest BCUT2D eigenvalue weighted by atomic mass is 35.5. The van der Waals surface area contributed by atoms with Crippen LogP contribution in [0.2, 0.25) is 5.02 Å². The second-order valence-electron chi connectivity index (χ2n) is 4.84. The second-order valence-corrected chi connectivity index (χ2v) is 5.22. The first-order valence-corrected chi connectivity index (χ1v) is 6.41. The standard InChI is InChI=1S/C11H14ClF3N4O/c1-18-3-2-7(5-18)17-8-4-16-19(6-11(13,14)15)10(20)9(8)12/h4,7,17H,2-3,5-6H2,1H3. The van der Waals surface area contributed by atoms with Gasteiger partial charge in [0.15, 0.2) is 0 Å². The molecular formula is C11H14ClF3N4O. The third-order valence-electron chi connectivity index (χ3n) is 3.06. The quantitative estimate of drug-likeness (QED) is 0.921. The zero-order valence-corrected chi connectivity index (χ0v) is 11.5. The van der Waals surface area contributed by atoms with E-state index in [2.05, 4.69) is 15.3 Å². The fourth-order valence-corrected chi connectivity index (χ4v) is 2.32. The van der Waals surface area contributed by atoms with Gasteiger partial charge < -0.3 is 10.2 Å². The minimum atomic E-state index is -4.51. The SMILES string of the molecule is CN1CCC(Nc2cnn(CC(F)(F)F)c(=O)c2Cl)C1. The smallest absolute Gasteiger partial charge is 0.378 e. The molecule has 0 radical (unpaired) electrons. The van der Waals surface area contributed by atoms with Gasteiger partial charge in [0.25, 0.3) is 5.56 Å². The summed E-state index contributed by atoms with van der Waals surface area (Å²) in [5.41, 5.74) is -0.671. The summed E-state index contributed by atoms with van der Waals surface area (Å²) in [7, 11) is 1.96. The largest absolute Gasteiger partial charge is 0.408 e. The Morgan fingerprint density at radius 2 is 2.25 bits per heavy atom. The van der Waals surface area contributed by atoms with Gasteiger partial charge in [-0.25, -0.2) is 4.68 Å². The number of hydrogen-bond acceptors (Lipinski definition) is 4. The van der Waals surface area contributed by atoms with Crippen LogP contribution in [0.3, 0.4) is 0 Å². The first kappa shape index (κ1) is 15.1. The van der Waals surface area contributed by atoms with Crippen molar-refractivity contribution in [3.63, 3.8) is 0 Å². The maximum atomic E-state index is 12.3. The first-order chi connectivity index (χ1) is 9.26. The number of halogens is 4. The second kappa shape index (κ2) is 5.61. The van der Waals surface area contributed by atoms with Crippen LogP contribution >= 0.6 is 11.6 Å². The predicted molar refractivity (Wildman–Crippen MR) is 69.1 cm³/mol. The van der Waals surface area contributed by atoms with E-state index in [1.165, 1.54) is 0 Å². The number of likely N-dealkylation sites (tertiary alicyclic amines) is 1. The maximum Gasteiger partial charge on any atom is 0.408 e. The van der Waals surface area contributed by atoms with Crippen molar-refractivity contribution in [3.05, 3.63) is 21.6 Å². The Balaban J connectivity index is 2.16. The number of alkyl halides is 3. The van der Waals surface area contributed by atoms with Gasteiger partial charge in [-0.2, -0.15) is 18.3 Å². The molecule has 0 saturated carbocycles. The highest BCUT2D eigenvalue weighted by Gasteiger charge is 2.30. The summed E-state index contributed by atoms with van der Waals surface area (Å²) in [5.74, 6) is 0. The van der Waals surface area contributed by atoms with Crippen LogP contribution in [-0.4, -0.2) is 47.0 Å². The number of nitrogens with one attached hydrogen (secondary N) is 1. The van der Waals surface area contributed by atoms with E-state index in [4.69, 9.17) is 11.6 Å². The van der Waals surface area contributed by atoms with Crippen molar-refractivity contribution in [1.82, 2.24) is 14.7 Å². The van der Waals surface area contributed by atoms with Gasteiger partial charge in [-0.3, -0.25) is 4.79 Å². The van der Waals surface area contributed by atoms with Crippen molar-refractivity contribution in [3.8, 4) is 0 Å². The van der Waals surface area contributed by atoms with Gasteiger partial charge in [-0.15, -0.1) is 0 Å². The number of aromatic nitrogens is 2. The Labute approximate surface area is 118 Å². The molecule has 9 heteroatoms. The molecule has 0 spiro atoms. The number of hydrogen-bond donors (Lipinski definition) is 1. The van der Waals surface area contributed by atoms with Crippen molar-refractivity contribution < 1.29 is 13.2 Å². The average molecular weight is 311 g/mol. The molecule has 2 rings (SSSR count). The molecule has 112 valence electrons. The van der Waals surface area contributed by atoms with E-state index < -0.39 is 18.3 Å². The Morgan fingerprint density at radius 3 is 2.80 bits per heavy atom. The molecule has 0 aliphatic carbocycles. The molecule has 0 amide bonds. The van der Waals surface area contributed by atoms with E-state index in [1.54, 1.807) is 0 Å². The van der Waals surface area contributed by atoms with Gasteiger partial charge in [0.05, 0.1) is 11.9 Å². The molecule has 0 bridgehead atoms. The van der Waals surface area contributed by atoms with Crippen molar-refractivity contribution in [2.75, 3.05) is 25.5 Å². The molecule has 1 N–H and O–H groups in total. The van der Waals surface area contributed by atoms with Crippen LogP contribution in [0.25, 0.3) is 0 Å². The van der Waals surface area contributed by atoms with Crippen LogP contribution in [0.1, 0.15) is 6.42 Å². The summed E-state index contributed by atoms with van der Waals surface area (Å²) < 4.78 is 37.1. The van der Waals surface area contributed by atoms with E-state index in [-0.39, 0.29) is 16.8 Å². The first-order valence-electron chi connectivity index (χ1n) is 6.04. The van der Waals surface area contributed by atoms with Crippen LogP contribution in [0.15, 0.2) is 11.0 Å². The Kier molecular flexibility index (Phi) is 4.24. The molecule has 1 atom stereocenters. The molecular weight excluding hydrogens is 297 g/mol. The highest BCUT2D eigenvalue weighted by Crippen LogP contribution is 2.21.